The van der Waals surface area contributed by atoms with Crippen molar-refractivity contribution in [3.05, 3.63) is 11.5 Å². The van der Waals surface area contributed by atoms with Crippen LogP contribution in [-0.4, -0.2) is 6.98 Å². The molecule has 1 fully saturated rings. The molecule has 0 spiro atoms. The smallest absolute Gasteiger partial charge is 0.445 e. The summed E-state index contributed by atoms with van der Waals surface area (Å²) in [4.78, 5) is 0. The van der Waals surface area contributed by atoms with Gasteiger partial charge in [-0.05, 0) is 25.2 Å². The molecule has 1 unspecified atom stereocenters. The minimum absolute atomic E-state index is 0.444. The first-order chi connectivity index (χ1) is 4.97. The molecule has 1 aliphatic rings. The quantitative estimate of drug-likeness (QED) is 0.521. The van der Waals surface area contributed by atoms with Crippen molar-refractivity contribution >= 4 is 6.98 Å². The Morgan fingerprint density at radius 2 is 2.09 bits per heavy atom. The molecule has 0 N–H and O–H groups in total. The highest BCUT2D eigenvalue weighted by atomic mass is 19.4. The van der Waals surface area contributed by atoms with Gasteiger partial charge in [0.05, 0.1) is 0 Å². The summed E-state index contributed by atoms with van der Waals surface area (Å²) >= 11 is 0. The molecule has 0 heterocycles. The van der Waals surface area contributed by atoms with Gasteiger partial charge in [-0.15, -0.1) is 11.5 Å². The van der Waals surface area contributed by atoms with Crippen LogP contribution in [0.1, 0.15) is 26.2 Å². The summed E-state index contributed by atoms with van der Waals surface area (Å²) < 4.78 is 35.5. The van der Waals surface area contributed by atoms with Gasteiger partial charge in [-0.25, -0.2) is 0 Å². The zero-order valence-electron chi connectivity index (χ0n) is 6.49. The first kappa shape index (κ1) is 8.69. The van der Waals surface area contributed by atoms with Gasteiger partial charge >= 0.3 is 6.98 Å². The Kier molecular flexibility index (Phi) is 2.30. The summed E-state index contributed by atoms with van der Waals surface area (Å²) in [6.07, 6.45) is 2.20. The molecule has 0 nitrogen and oxygen atoms in total. The fourth-order valence-corrected chi connectivity index (χ4v) is 1.50. The molecule has 1 aliphatic carbocycles. The number of allylic oxidation sites excluding steroid dienone is 1. The van der Waals surface area contributed by atoms with Gasteiger partial charge in [0.2, 0.25) is 0 Å². The highest BCUT2D eigenvalue weighted by Gasteiger charge is 2.22. The molecule has 0 saturated heterocycles. The lowest BCUT2D eigenvalue weighted by atomic mass is 9.87. The fourth-order valence-electron chi connectivity index (χ4n) is 1.50. The SMILES string of the molecule is CC1CC/C(=C\[B-](F)(F)F)C1. The van der Waals surface area contributed by atoms with E-state index in [1.54, 1.807) is 0 Å². The van der Waals surface area contributed by atoms with Crippen LogP contribution in [0.3, 0.4) is 0 Å². The maximum absolute atomic E-state index is 11.8. The van der Waals surface area contributed by atoms with E-state index >= 15 is 0 Å². The Morgan fingerprint density at radius 3 is 2.45 bits per heavy atom. The van der Waals surface area contributed by atoms with Crippen LogP contribution in [0.5, 0.6) is 0 Å². The summed E-state index contributed by atoms with van der Waals surface area (Å²) in [6, 6.07) is 0. The Balaban J connectivity index is 2.55. The largest absolute Gasteiger partial charge is 0.502 e. The van der Waals surface area contributed by atoms with Gasteiger partial charge in [0.15, 0.2) is 0 Å². The predicted octanol–water partition coefficient (Wildman–Crippen LogP) is 3.12. The van der Waals surface area contributed by atoms with Crippen LogP contribution in [0.15, 0.2) is 11.5 Å². The van der Waals surface area contributed by atoms with Crippen molar-refractivity contribution in [3.63, 3.8) is 0 Å². The zero-order chi connectivity index (χ0) is 8.48. The van der Waals surface area contributed by atoms with Crippen LogP contribution in [0.2, 0.25) is 0 Å². The molecule has 64 valence electrons. The van der Waals surface area contributed by atoms with E-state index in [1.165, 1.54) is 0 Å². The van der Waals surface area contributed by atoms with Crippen molar-refractivity contribution in [1.29, 1.82) is 0 Å². The molecule has 1 saturated carbocycles. The second-order valence-corrected chi connectivity index (χ2v) is 3.30. The second-order valence-electron chi connectivity index (χ2n) is 3.30. The maximum atomic E-state index is 11.8. The highest BCUT2D eigenvalue weighted by Crippen LogP contribution is 2.31. The van der Waals surface area contributed by atoms with Crippen molar-refractivity contribution < 1.29 is 12.9 Å². The Morgan fingerprint density at radius 1 is 1.45 bits per heavy atom. The van der Waals surface area contributed by atoms with E-state index in [2.05, 4.69) is 0 Å². The maximum Gasteiger partial charge on any atom is 0.502 e. The molecule has 0 aromatic rings. The number of halogens is 3. The average Bonchev–Trinajstić information content (AvgIpc) is 2.10. The number of hydrogen-bond donors (Lipinski definition) is 0. The number of rotatable bonds is 1. The third-order valence-corrected chi connectivity index (χ3v) is 1.99. The summed E-state index contributed by atoms with van der Waals surface area (Å²) in [5.74, 6) is 0.961. The molecular formula is C7H11BF3-. The fraction of sp³-hybridized carbons (Fsp3) is 0.714. The van der Waals surface area contributed by atoms with Gasteiger partial charge in [0, 0.05) is 0 Å². The van der Waals surface area contributed by atoms with E-state index in [1.807, 2.05) is 6.92 Å². The van der Waals surface area contributed by atoms with Crippen LogP contribution in [0, 0.1) is 5.92 Å². The van der Waals surface area contributed by atoms with Gasteiger partial charge in [-0.1, -0.05) is 6.92 Å². The molecule has 0 aromatic heterocycles. The molecule has 11 heavy (non-hydrogen) atoms. The lowest BCUT2D eigenvalue weighted by molar-refractivity contribution is 0.497. The summed E-state index contributed by atoms with van der Waals surface area (Å²) in [6.45, 7) is -2.71. The van der Waals surface area contributed by atoms with Crippen molar-refractivity contribution in [2.45, 2.75) is 26.2 Å². The molecule has 0 aromatic carbocycles. The van der Waals surface area contributed by atoms with Gasteiger partial charge in [-0.3, -0.25) is 0 Å². The van der Waals surface area contributed by atoms with Crippen molar-refractivity contribution in [3.8, 4) is 0 Å². The standard InChI is InChI=1S/C7H11BF3/c1-6-2-3-7(4-6)5-8(9,10)11/h5-6H,2-4H2,1H3/q-1/b7-5+. The van der Waals surface area contributed by atoms with Gasteiger partial charge in [0.1, 0.15) is 0 Å². The molecule has 0 bridgehead atoms. The van der Waals surface area contributed by atoms with Crippen LogP contribution >= 0.6 is 0 Å². The average molecular weight is 163 g/mol. The topological polar surface area (TPSA) is 0 Å². The predicted molar refractivity (Wildman–Crippen MR) is 40.2 cm³/mol. The highest BCUT2D eigenvalue weighted by molar-refractivity contribution is 6.64. The lowest BCUT2D eigenvalue weighted by Crippen LogP contribution is -2.11. The molecule has 1 atom stereocenters. The van der Waals surface area contributed by atoms with Gasteiger partial charge in [-0.2, -0.15) is 0 Å². The molecular weight excluding hydrogens is 152 g/mol. The van der Waals surface area contributed by atoms with E-state index in [9.17, 15) is 12.9 Å². The minimum atomic E-state index is -4.70. The minimum Gasteiger partial charge on any atom is -0.445 e. The van der Waals surface area contributed by atoms with E-state index in [-0.39, 0.29) is 0 Å². The molecule has 1 rings (SSSR count). The van der Waals surface area contributed by atoms with E-state index < -0.39 is 6.98 Å². The van der Waals surface area contributed by atoms with E-state index in [4.69, 9.17) is 0 Å². The molecule has 0 aliphatic heterocycles. The Hall–Kier alpha value is -0.405. The summed E-state index contributed by atoms with van der Waals surface area (Å²) in [7, 11) is 0. The Bertz CT molecular complexity index is 171. The first-order valence-electron chi connectivity index (χ1n) is 3.88. The van der Waals surface area contributed by atoms with Gasteiger partial charge in [0.25, 0.3) is 0 Å². The van der Waals surface area contributed by atoms with Crippen LogP contribution < -0.4 is 0 Å². The van der Waals surface area contributed by atoms with Crippen LogP contribution in [0.4, 0.5) is 12.9 Å². The third kappa shape index (κ3) is 2.99. The van der Waals surface area contributed by atoms with Crippen molar-refractivity contribution in [1.82, 2.24) is 0 Å². The first-order valence-corrected chi connectivity index (χ1v) is 3.88. The normalized spacial score (nSPS) is 29.8. The molecule has 0 radical (unpaired) electrons. The number of hydrogen-bond acceptors (Lipinski definition) is 0. The molecule has 0 amide bonds. The van der Waals surface area contributed by atoms with Crippen molar-refractivity contribution in [2.75, 3.05) is 0 Å². The summed E-state index contributed by atoms with van der Waals surface area (Å²) in [5, 5.41) is 0. The third-order valence-electron chi connectivity index (χ3n) is 1.99. The van der Waals surface area contributed by atoms with Crippen LogP contribution in [0.25, 0.3) is 0 Å². The van der Waals surface area contributed by atoms with E-state index in [0.29, 0.717) is 30.3 Å². The van der Waals surface area contributed by atoms with Gasteiger partial charge < -0.3 is 12.9 Å². The monoisotopic (exact) mass is 163 g/mol. The van der Waals surface area contributed by atoms with Crippen molar-refractivity contribution in [2.24, 2.45) is 5.92 Å². The lowest BCUT2D eigenvalue weighted by Gasteiger charge is -2.09. The van der Waals surface area contributed by atoms with E-state index in [0.717, 1.165) is 6.42 Å². The summed E-state index contributed by atoms with van der Waals surface area (Å²) in [5.41, 5.74) is 0.588. The van der Waals surface area contributed by atoms with Crippen LogP contribution in [-0.2, 0) is 0 Å². The molecule has 4 heteroatoms. The zero-order valence-corrected chi connectivity index (χ0v) is 6.49. The second kappa shape index (κ2) is 2.91. The Labute approximate surface area is 64.5 Å².